The summed E-state index contributed by atoms with van der Waals surface area (Å²) in [6, 6.07) is 23.5. The second-order valence-electron chi connectivity index (χ2n) is 10.7. The second-order valence-corrected chi connectivity index (χ2v) is 11.5. The van der Waals surface area contributed by atoms with Crippen LogP contribution in [-0.2, 0) is 16.2 Å². The van der Waals surface area contributed by atoms with Gasteiger partial charge >= 0.3 is 0 Å². The number of hydrogen-bond donors (Lipinski definition) is 1. The highest BCUT2D eigenvalue weighted by Gasteiger charge is 2.22. The number of rotatable bonds is 9. The van der Waals surface area contributed by atoms with Gasteiger partial charge in [-0.25, -0.2) is 4.98 Å². The van der Waals surface area contributed by atoms with Crippen LogP contribution in [0.2, 0.25) is 10.0 Å². The first-order chi connectivity index (χ1) is 21.3. The Labute approximate surface area is 265 Å². The van der Waals surface area contributed by atoms with Gasteiger partial charge in [0.25, 0.3) is 0 Å². The Bertz CT molecular complexity index is 1900. The van der Waals surface area contributed by atoms with Crippen LogP contribution >= 0.6 is 23.2 Å². The maximum Gasteiger partial charge on any atom is 0.227 e. The van der Waals surface area contributed by atoms with Gasteiger partial charge in [0, 0.05) is 52.2 Å². The van der Waals surface area contributed by atoms with E-state index in [1.165, 1.54) is 6.08 Å². The summed E-state index contributed by atoms with van der Waals surface area (Å²) in [7, 11) is 0. The quantitative estimate of drug-likeness (QED) is 0.170. The van der Waals surface area contributed by atoms with Gasteiger partial charge in [0.2, 0.25) is 5.91 Å². The molecule has 1 amide bonds. The number of halogens is 2. The third kappa shape index (κ3) is 5.99. The molecular formula is C35H30Cl2N4O3. The van der Waals surface area contributed by atoms with Crippen molar-refractivity contribution in [3.05, 3.63) is 124 Å². The number of ketones is 1. The Kier molecular flexibility index (Phi) is 8.53. The van der Waals surface area contributed by atoms with E-state index in [4.69, 9.17) is 33.7 Å². The fourth-order valence-corrected chi connectivity index (χ4v) is 5.94. The molecule has 2 aromatic heterocycles. The minimum Gasteiger partial charge on any atom is -0.487 e. The van der Waals surface area contributed by atoms with Crippen LogP contribution in [0.4, 0.5) is 5.69 Å². The third-order valence-corrected chi connectivity index (χ3v) is 8.52. The summed E-state index contributed by atoms with van der Waals surface area (Å²) in [4.78, 5) is 31.6. The Balaban J connectivity index is 1.20. The molecule has 0 aliphatic carbocycles. The Hall–Kier alpha value is -4.43. The molecule has 0 spiro atoms. The molecule has 1 aliphatic rings. The third-order valence-electron chi connectivity index (χ3n) is 7.74. The molecule has 1 unspecified atom stereocenters. The molecule has 222 valence electrons. The number of fused-ring (bicyclic) bond motifs is 1. The van der Waals surface area contributed by atoms with Crippen molar-refractivity contribution < 1.29 is 14.3 Å². The SMILES string of the molecule is Cc1ccc2cccc(OCc3c(Cl)ccc(-n4cccc4C(N)C(=O)/C=C/c4ccc(N5CCCC5=O)cc4)c3Cl)c2n1. The Morgan fingerprint density at radius 3 is 2.64 bits per heavy atom. The monoisotopic (exact) mass is 624 g/mol. The van der Waals surface area contributed by atoms with E-state index in [0.29, 0.717) is 39.2 Å². The van der Waals surface area contributed by atoms with E-state index in [0.717, 1.165) is 40.8 Å². The lowest BCUT2D eigenvalue weighted by Crippen LogP contribution is -2.23. The highest BCUT2D eigenvalue weighted by atomic mass is 35.5. The topological polar surface area (TPSA) is 90.5 Å². The minimum atomic E-state index is -0.931. The van der Waals surface area contributed by atoms with Gasteiger partial charge in [-0.3, -0.25) is 9.59 Å². The van der Waals surface area contributed by atoms with E-state index in [2.05, 4.69) is 4.98 Å². The van der Waals surface area contributed by atoms with Crippen molar-refractivity contribution in [2.75, 3.05) is 11.4 Å². The number of para-hydroxylation sites is 1. The van der Waals surface area contributed by atoms with Crippen molar-refractivity contribution >= 4 is 57.6 Å². The van der Waals surface area contributed by atoms with Crippen molar-refractivity contribution in [2.45, 2.75) is 32.4 Å². The zero-order valence-electron chi connectivity index (χ0n) is 24.0. The normalized spacial score (nSPS) is 14.1. The highest BCUT2D eigenvalue weighted by molar-refractivity contribution is 6.37. The van der Waals surface area contributed by atoms with Gasteiger partial charge in [-0.1, -0.05) is 59.6 Å². The standard InChI is InChI=1S/C35H30Cl2N4O3/c1-22-9-13-24-5-2-7-31(35(24)39-22)44-21-26-27(36)16-17-28(33(26)37)41-20-3-6-29(41)34(38)30(42)18-12-23-10-14-25(15-11-23)40-19-4-8-32(40)43/h2-3,5-7,9-18,20,34H,4,8,19,21,38H2,1H3/b18-12+. The average molecular weight is 626 g/mol. The van der Waals surface area contributed by atoms with Gasteiger partial charge in [0.15, 0.2) is 5.78 Å². The molecule has 0 radical (unpaired) electrons. The van der Waals surface area contributed by atoms with Crippen LogP contribution in [0.15, 0.2) is 91.1 Å². The Morgan fingerprint density at radius 1 is 1.05 bits per heavy atom. The molecule has 0 bridgehead atoms. The zero-order chi connectivity index (χ0) is 30.8. The molecule has 1 fully saturated rings. The first-order valence-corrected chi connectivity index (χ1v) is 15.1. The average Bonchev–Trinajstić information content (AvgIpc) is 3.69. The van der Waals surface area contributed by atoms with E-state index in [-0.39, 0.29) is 18.3 Å². The van der Waals surface area contributed by atoms with Crippen LogP contribution in [0, 0.1) is 6.92 Å². The van der Waals surface area contributed by atoms with Crippen LogP contribution in [0.1, 0.15) is 41.4 Å². The number of carbonyl (C=O) groups excluding carboxylic acids is 2. The summed E-state index contributed by atoms with van der Waals surface area (Å²) >= 11 is 13.5. The molecule has 6 rings (SSSR count). The maximum absolute atomic E-state index is 13.2. The number of nitrogens with zero attached hydrogens (tertiary/aromatic N) is 3. The molecule has 1 atom stereocenters. The molecule has 2 N–H and O–H groups in total. The lowest BCUT2D eigenvalue weighted by Gasteiger charge is -2.18. The number of aromatic nitrogens is 2. The van der Waals surface area contributed by atoms with E-state index in [1.54, 1.807) is 33.7 Å². The van der Waals surface area contributed by atoms with E-state index < -0.39 is 6.04 Å². The van der Waals surface area contributed by atoms with Gasteiger partial charge in [-0.05, 0) is 73.5 Å². The van der Waals surface area contributed by atoms with Crippen molar-refractivity contribution in [1.29, 1.82) is 0 Å². The maximum atomic E-state index is 13.2. The summed E-state index contributed by atoms with van der Waals surface area (Å²) in [6.45, 7) is 2.79. The van der Waals surface area contributed by atoms with Crippen LogP contribution in [-0.4, -0.2) is 27.8 Å². The molecule has 44 heavy (non-hydrogen) atoms. The number of nitrogens with two attached hydrogens (primary N) is 1. The molecule has 7 nitrogen and oxygen atoms in total. The number of amides is 1. The molecule has 1 saturated heterocycles. The van der Waals surface area contributed by atoms with Crippen LogP contribution in [0.5, 0.6) is 5.75 Å². The fraction of sp³-hybridized carbons (Fsp3) is 0.171. The highest BCUT2D eigenvalue weighted by Crippen LogP contribution is 2.34. The van der Waals surface area contributed by atoms with Gasteiger partial charge in [-0.15, -0.1) is 0 Å². The lowest BCUT2D eigenvalue weighted by molar-refractivity contribution is -0.117. The van der Waals surface area contributed by atoms with Crippen molar-refractivity contribution in [3.63, 3.8) is 0 Å². The first kappa shape index (κ1) is 29.6. The van der Waals surface area contributed by atoms with Crippen molar-refractivity contribution in [2.24, 2.45) is 5.73 Å². The van der Waals surface area contributed by atoms with E-state index >= 15 is 0 Å². The number of anilines is 1. The van der Waals surface area contributed by atoms with E-state index in [9.17, 15) is 9.59 Å². The summed E-state index contributed by atoms with van der Waals surface area (Å²) in [6.07, 6.45) is 6.45. The molecule has 3 aromatic carbocycles. The number of aryl methyl sites for hydroxylation is 1. The molecule has 9 heteroatoms. The number of carbonyl (C=O) groups is 2. The molecule has 3 heterocycles. The smallest absolute Gasteiger partial charge is 0.227 e. The zero-order valence-corrected chi connectivity index (χ0v) is 25.6. The molecule has 0 saturated carbocycles. The number of ether oxygens (including phenoxy) is 1. The van der Waals surface area contributed by atoms with Crippen molar-refractivity contribution in [1.82, 2.24) is 9.55 Å². The largest absolute Gasteiger partial charge is 0.487 e. The van der Waals surface area contributed by atoms with Crippen molar-refractivity contribution in [3.8, 4) is 11.4 Å². The second kappa shape index (κ2) is 12.7. The van der Waals surface area contributed by atoms with Gasteiger partial charge in [-0.2, -0.15) is 0 Å². The van der Waals surface area contributed by atoms with Gasteiger partial charge in [0.05, 0.1) is 10.7 Å². The summed E-state index contributed by atoms with van der Waals surface area (Å²) in [5.74, 6) is 0.496. The van der Waals surface area contributed by atoms with Gasteiger partial charge in [0.1, 0.15) is 23.9 Å². The summed E-state index contributed by atoms with van der Waals surface area (Å²) in [5.41, 5.74) is 11.6. The minimum absolute atomic E-state index is 0.120. The lowest BCUT2D eigenvalue weighted by atomic mass is 10.1. The number of benzene rings is 3. The number of hydrogen-bond acceptors (Lipinski definition) is 5. The van der Waals surface area contributed by atoms with Crippen LogP contribution in [0.3, 0.4) is 0 Å². The van der Waals surface area contributed by atoms with E-state index in [1.807, 2.05) is 73.8 Å². The van der Waals surface area contributed by atoms with Gasteiger partial charge < -0.3 is 19.9 Å². The summed E-state index contributed by atoms with van der Waals surface area (Å²) < 4.78 is 7.97. The van der Waals surface area contributed by atoms with Crippen LogP contribution in [0.25, 0.3) is 22.7 Å². The predicted molar refractivity (Wildman–Crippen MR) is 176 cm³/mol. The fourth-order valence-electron chi connectivity index (χ4n) is 5.37. The molecule has 1 aliphatic heterocycles. The number of pyridine rings is 1. The predicted octanol–water partition coefficient (Wildman–Crippen LogP) is 7.63. The first-order valence-electron chi connectivity index (χ1n) is 14.3. The summed E-state index contributed by atoms with van der Waals surface area (Å²) in [5, 5.41) is 1.82. The Morgan fingerprint density at radius 2 is 1.86 bits per heavy atom. The molecule has 5 aromatic rings. The van der Waals surface area contributed by atoms with Crippen LogP contribution < -0.4 is 15.4 Å². The molecular weight excluding hydrogens is 595 g/mol.